The molecule has 2 aliphatic rings. The van der Waals surface area contributed by atoms with Gasteiger partial charge >= 0.3 is 16.5 Å². The first-order valence-corrected chi connectivity index (χ1v) is 9.38. The fraction of sp³-hybridized carbons (Fsp3) is 0.533. The van der Waals surface area contributed by atoms with Crippen LogP contribution in [0.25, 0.3) is 0 Å². The van der Waals surface area contributed by atoms with Gasteiger partial charge in [-0.05, 0) is 18.1 Å². The minimum Gasteiger partial charge on any atom is -0.458 e. The summed E-state index contributed by atoms with van der Waals surface area (Å²) >= 11 is 0. The molecule has 0 aliphatic carbocycles. The van der Waals surface area contributed by atoms with Crippen LogP contribution in [-0.2, 0) is 26.5 Å². The molecule has 3 rings (SSSR count). The molecule has 0 radical (unpaired) electrons. The van der Waals surface area contributed by atoms with Crippen molar-refractivity contribution in [3.63, 3.8) is 0 Å². The van der Waals surface area contributed by atoms with Gasteiger partial charge in [0, 0.05) is 6.07 Å². The number of esters is 1. The van der Waals surface area contributed by atoms with Crippen molar-refractivity contribution < 1.29 is 55.9 Å². The highest BCUT2D eigenvalue weighted by atomic mass is 32.3. The van der Waals surface area contributed by atoms with Gasteiger partial charge in [-0.25, -0.2) is 0 Å². The monoisotopic (exact) mass is 424 g/mol. The van der Waals surface area contributed by atoms with E-state index in [1.54, 1.807) is 0 Å². The summed E-state index contributed by atoms with van der Waals surface area (Å²) < 4.78 is 54.6. The van der Waals surface area contributed by atoms with Crippen molar-refractivity contribution in [2.45, 2.75) is 43.5 Å². The van der Waals surface area contributed by atoms with Gasteiger partial charge in [-0.15, -0.1) is 0 Å². The second-order valence-corrected chi connectivity index (χ2v) is 7.13. The summed E-state index contributed by atoms with van der Waals surface area (Å²) in [5.74, 6) is -1.66. The molecule has 0 unspecified atom stereocenters. The number of hydrogen-bond acceptors (Lipinski definition) is 11. The third-order valence-corrected chi connectivity index (χ3v) is 4.61. The molecular weight excluding hydrogens is 407 g/mol. The van der Waals surface area contributed by atoms with E-state index in [1.165, 1.54) is 0 Å². The Hall–Kier alpha value is -2.03. The Bertz CT molecular complexity index is 856. The van der Waals surface area contributed by atoms with Gasteiger partial charge in [-0.3, -0.25) is 4.79 Å². The lowest BCUT2D eigenvalue weighted by atomic mass is 9.99. The van der Waals surface area contributed by atoms with Crippen LogP contribution in [0.4, 0.5) is 3.89 Å². The minimum atomic E-state index is -5.45. The fourth-order valence-electron chi connectivity index (χ4n) is 2.84. The van der Waals surface area contributed by atoms with Gasteiger partial charge in [-0.1, -0.05) is 3.89 Å². The van der Waals surface area contributed by atoms with E-state index in [-0.39, 0.29) is 18.6 Å². The average Bonchev–Trinajstić information content (AvgIpc) is 2.61. The summed E-state index contributed by atoms with van der Waals surface area (Å²) in [6.07, 6.45) is -8.03. The molecule has 1 aromatic carbocycles. The van der Waals surface area contributed by atoms with Gasteiger partial charge in [0.1, 0.15) is 30.2 Å². The van der Waals surface area contributed by atoms with Crippen LogP contribution in [-0.4, -0.2) is 72.1 Å². The quantitative estimate of drug-likeness (QED) is 0.242. The Labute approximate surface area is 158 Å². The van der Waals surface area contributed by atoms with Crippen molar-refractivity contribution >= 4 is 16.5 Å². The van der Waals surface area contributed by atoms with Crippen LogP contribution in [0.1, 0.15) is 12.0 Å². The maximum Gasteiger partial charge on any atom is 0.488 e. The summed E-state index contributed by atoms with van der Waals surface area (Å²) in [6, 6.07) is 2.12. The molecule has 156 valence electrons. The first-order chi connectivity index (χ1) is 13.1. The molecule has 11 nitrogen and oxygen atoms in total. The zero-order valence-electron chi connectivity index (χ0n) is 14.1. The lowest BCUT2D eigenvalue weighted by Crippen LogP contribution is -2.60. The molecule has 4 N–H and O–H groups in total. The lowest BCUT2D eigenvalue weighted by molar-refractivity contribution is -0.277. The van der Waals surface area contributed by atoms with Crippen LogP contribution in [0.5, 0.6) is 17.2 Å². The van der Waals surface area contributed by atoms with Crippen molar-refractivity contribution in [3.8, 4) is 17.2 Å². The van der Waals surface area contributed by atoms with Crippen molar-refractivity contribution in [2.24, 2.45) is 0 Å². The smallest absolute Gasteiger partial charge is 0.458 e. The second kappa shape index (κ2) is 7.77. The predicted molar refractivity (Wildman–Crippen MR) is 85.4 cm³/mol. The number of aliphatic hydroxyl groups excluding tert-OH is 4. The number of halogens is 1. The highest BCUT2D eigenvalue weighted by Gasteiger charge is 2.45. The molecule has 0 spiro atoms. The van der Waals surface area contributed by atoms with E-state index in [0.29, 0.717) is 5.56 Å². The SMILES string of the molecule is O=C1CCc2cc(OS(=O)(=O)F)c(O[C@@H]3O[C@H](CO)[C@@H](O)[C@H](O)[C@H]3O)cc2O1. The standard InChI is InChI=1S/C15H17FO11S/c16-28(22,23)27-9-3-6-1-2-11(18)24-7(6)4-8(9)25-15-14(21)13(20)12(19)10(5-17)26-15/h3-4,10,12-15,17,19-21H,1-2,5H2/t10-,12-,13+,14-,15-/m1/s1. The molecular formula is C15H17FO11S. The number of ether oxygens (including phenoxy) is 3. The van der Waals surface area contributed by atoms with E-state index in [0.717, 1.165) is 12.1 Å². The van der Waals surface area contributed by atoms with Crippen LogP contribution in [0, 0.1) is 0 Å². The lowest BCUT2D eigenvalue weighted by Gasteiger charge is -2.39. The third kappa shape index (κ3) is 4.34. The van der Waals surface area contributed by atoms with E-state index in [2.05, 4.69) is 4.18 Å². The van der Waals surface area contributed by atoms with Crippen LogP contribution in [0.3, 0.4) is 0 Å². The molecule has 1 saturated heterocycles. The highest BCUT2D eigenvalue weighted by Crippen LogP contribution is 2.40. The van der Waals surface area contributed by atoms with Crippen molar-refractivity contribution in [1.29, 1.82) is 0 Å². The zero-order valence-corrected chi connectivity index (χ0v) is 14.9. The molecule has 5 atom stereocenters. The first-order valence-electron chi connectivity index (χ1n) is 8.08. The van der Waals surface area contributed by atoms with Gasteiger partial charge < -0.3 is 38.8 Å². The summed E-state index contributed by atoms with van der Waals surface area (Å²) in [7, 11) is -5.45. The number of benzene rings is 1. The number of aliphatic hydroxyl groups is 4. The second-order valence-electron chi connectivity index (χ2n) is 6.17. The zero-order chi connectivity index (χ0) is 20.6. The number of fused-ring (bicyclic) bond motifs is 1. The number of carbonyl (C=O) groups is 1. The van der Waals surface area contributed by atoms with Gasteiger partial charge in [-0.2, -0.15) is 8.42 Å². The van der Waals surface area contributed by atoms with Gasteiger partial charge in [0.25, 0.3) is 0 Å². The molecule has 13 heteroatoms. The Kier molecular flexibility index (Phi) is 5.74. The molecule has 1 fully saturated rings. The van der Waals surface area contributed by atoms with Crippen molar-refractivity contribution in [1.82, 2.24) is 0 Å². The van der Waals surface area contributed by atoms with E-state index in [1.807, 2.05) is 0 Å². The highest BCUT2D eigenvalue weighted by molar-refractivity contribution is 7.81. The Balaban J connectivity index is 1.95. The molecule has 2 aliphatic heterocycles. The van der Waals surface area contributed by atoms with Crippen LogP contribution in [0.2, 0.25) is 0 Å². The summed E-state index contributed by atoms with van der Waals surface area (Å²) in [5, 5.41) is 38.8. The molecule has 2 heterocycles. The Morgan fingerprint density at radius 2 is 1.82 bits per heavy atom. The summed E-state index contributed by atoms with van der Waals surface area (Å²) in [5.41, 5.74) is 0.347. The molecule has 0 bridgehead atoms. The van der Waals surface area contributed by atoms with Crippen LogP contribution >= 0.6 is 0 Å². The molecule has 28 heavy (non-hydrogen) atoms. The van der Waals surface area contributed by atoms with Crippen LogP contribution < -0.4 is 13.7 Å². The minimum absolute atomic E-state index is 0.000512. The van der Waals surface area contributed by atoms with Crippen molar-refractivity contribution in [2.75, 3.05) is 6.61 Å². The average molecular weight is 424 g/mol. The summed E-state index contributed by atoms with van der Waals surface area (Å²) in [6.45, 7) is -0.727. The third-order valence-electron chi connectivity index (χ3n) is 4.23. The normalized spacial score (nSPS) is 30.3. The van der Waals surface area contributed by atoms with Gasteiger partial charge in [0.2, 0.25) is 6.29 Å². The largest absolute Gasteiger partial charge is 0.488 e. The van der Waals surface area contributed by atoms with Crippen molar-refractivity contribution in [3.05, 3.63) is 17.7 Å². The predicted octanol–water partition coefficient (Wildman–Crippen LogP) is -1.69. The van der Waals surface area contributed by atoms with E-state index in [4.69, 9.17) is 14.2 Å². The molecule has 1 aromatic rings. The number of carbonyl (C=O) groups excluding carboxylic acids is 1. The maximum absolute atomic E-state index is 13.1. The number of hydrogen-bond donors (Lipinski definition) is 4. The number of aryl methyl sites for hydroxylation is 1. The fourth-order valence-corrected chi connectivity index (χ4v) is 3.18. The molecule has 0 amide bonds. The molecule has 0 aromatic heterocycles. The van der Waals surface area contributed by atoms with E-state index < -0.39 is 65.3 Å². The summed E-state index contributed by atoms with van der Waals surface area (Å²) in [4.78, 5) is 11.5. The van der Waals surface area contributed by atoms with Crippen LogP contribution in [0.15, 0.2) is 12.1 Å². The number of rotatable bonds is 5. The van der Waals surface area contributed by atoms with E-state index >= 15 is 0 Å². The topological polar surface area (TPSA) is 169 Å². The maximum atomic E-state index is 13.1. The Morgan fingerprint density at radius 1 is 1.11 bits per heavy atom. The first kappa shape index (κ1) is 20.7. The van der Waals surface area contributed by atoms with Gasteiger partial charge in [0.05, 0.1) is 13.0 Å². The molecule has 0 saturated carbocycles. The van der Waals surface area contributed by atoms with E-state index in [9.17, 15) is 37.5 Å². The Morgan fingerprint density at radius 3 is 2.46 bits per heavy atom. The van der Waals surface area contributed by atoms with Gasteiger partial charge in [0.15, 0.2) is 11.5 Å².